The van der Waals surface area contributed by atoms with Gasteiger partial charge in [-0.3, -0.25) is 4.79 Å². The highest BCUT2D eigenvalue weighted by Gasteiger charge is 2.32. The summed E-state index contributed by atoms with van der Waals surface area (Å²) in [5.41, 5.74) is 5.57. The average Bonchev–Trinajstić information content (AvgIpc) is 2.16. The molecular formula is C13H26N2O. The summed E-state index contributed by atoms with van der Waals surface area (Å²) in [5.74, 6) is -0.00213. The fourth-order valence-corrected chi connectivity index (χ4v) is 2.33. The number of carbonyl (C=O) groups excluding carboxylic acids is 1. The molecule has 0 spiro atoms. The van der Waals surface area contributed by atoms with E-state index in [1.807, 2.05) is 6.92 Å². The second kappa shape index (κ2) is 4.74. The monoisotopic (exact) mass is 226 g/mol. The third-order valence-corrected chi connectivity index (χ3v) is 3.79. The molecule has 0 radical (unpaired) electrons. The van der Waals surface area contributed by atoms with Crippen molar-refractivity contribution in [2.24, 2.45) is 11.1 Å². The lowest BCUT2D eigenvalue weighted by molar-refractivity contribution is -0.127. The first-order chi connectivity index (χ1) is 7.27. The van der Waals surface area contributed by atoms with Crippen LogP contribution in [0.5, 0.6) is 0 Å². The zero-order valence-electron chi connectivity index (χ0n) is 11.1. The Balaban J connectivity index is 2.52. The Hall–Kier alpha value is -0.570. The highest BCUT2D eigenvalue weighted by molar-refractivity contribution is 5.85. The summed E-state index contributed by atoms with van der Waals surface area (Å²) >= 11 is 0. The second-order valence-corrected chi connectivity index (χ2v) is 6.20. The average molecular weight is 226 g/mol. The van der Waals surface area contributed by atoms with Crippen LogP contribution >= 0.6 is 0 Å². The van der Waals surface area contributed by atoms with Crippen LogP contribution in [0.25, 0.3) is 0 Å². The van der Waals surface area contributed by atoms with Crippen LogP contribution in [-0.4, -0.2) is 17.5 Å². The predicted octanol–water partition coefficient (Wildman–Crippen LogP) is 2.20. The summed E-state index contributed by atoms with van der Waals surface area (Å²) in [6.45, 7) is 8.29. The molecule has 2 unspecified atom stereocenters. The van der Waals surface area contributed by atoms with Crippen LogP contribution in [0.3, 0.4) is 0 Å². The Morgan fingerprint density at radius 1 is 1.56 bits per heavy atom. The van der Waals surface area contributed by atoms with Gasteiger partial charge in [0, 0.05) is 6.04 Å². The largest absolute Gasteiger partial charge is 0.352 e. The molecule has 1 amide bonds. The van der Waals surface area contributed by atoms with E-state index in [2.05, 4.69) is 19.2 Å². The normalized spacial score (nSPS) is 28.2. The molecular weight excluding hydrogens is 200 g/mol. The van der Waals surface area contributed by atoms with Gasteiger partial charge in [-0.2, -0.15) is 0 Å². The van der Waals surface area contributed by atoms with Crippen molar-refractivity contribution in [1.29, 1.82) is 0 Å². The molecule has 3 heteroatoms. The van der Waals surface area contributed by atoms with E-state index < -0.39 is 5.54 Å². The van der Waals surface area contributed by atoms with E-state index in [0.717, 1.165) is 12.8 Å². The molecule has 0 saturated heterocycles. The number of rotatable bonds is 3. The Kier molecular flexibility index (Phi) is 4.00. The van der Waals surface area contributed by atoms with Gasteiger partial charge in [0.1, 0.15) is 0 Å². The maximum Gasteiger partial charge on any atom is 0.239 e. The van der Waals surface area contributed by atoms with E-state index in [1.165, 1.54) is 12.8 Å². The number of nitrogens with two attached hydrogens (primary N) is 1. The van der Waals surface area contributed by atoms with Crippen LogP contribution in [0.1, 0.15) is 59.8 Å². The molecule has 94 valence electrons. The van der Waals surface area contributed by atoms with E-state index in [4.69, 9.17) is 5.73 Å². The lowest BCUT2D eigenvalue weighted by atomic mass is 9.75. The first-order valence-electron chi connectivity index (χ1n) is 6.37. The molecule has 0 bridgehead atoms. The fraction of sp³-hybridized carbons (Fsp3) is 0.923. The van der Waals surface area contributed by atoms with Gasteiger partial charge in [0.15, 0.2) is 0 Å². The predicted molar refractivity (Wildman–Crippen MR) is 67.1 cm³/mol. The van der Waals surface area contributed by atoms with Crippen molar-refractivity contribution in [3.63, 3.8) is 0 Å². The number of hydrogen-bond acceptors (Lipinski definition) is 2. The van der Waals surface area contributed by atoms with Gasteiger partial charge in [-0.15, -0.1) is 0 Å². The quantitative estimate of drug-likeness (QED) is 0.775. The van der Waals surface area contributed by atoms with Crippen molar-refractivity contribution in [1.82, 2.24) is 5.32 Å². The van der Waals surface area contributed by atoms with Crippen LogP contribution in [0.2, 0.25) is 0 Å². The van der Waals surface area contributed by atoms with Crippen molar-refractivity contribution in [3.8, 4) is 0 Å². The van der Waals surface area contributed by atoms with Crippen LogP contribution in [0, 0.1) is 5.41 Å². The van der Waals surface area contributed by atoms with Gasteiger partial charge in [-0.05, 0) is 38.0 Å². The molecule has 1 aliphatic rings. The van der Waals surface area contributed by atoms with Gasteiger partial charge in [-0.25, -0.2) is 0 Å². The van der Waals surface area contributed by atoms with Gasteiger partial charge in [0.2, 0.25) is 5.91 Å². The highest BCUT2D eigenvalue weighted by Crippen LogP contribution is 2.35. The van der Waals surface area contributed by atoms with Crippen LogP contribution in [0.15, 0.2) is 0 Å². The van der Waals surface area contributed by atoms with E-state index >= 15 is 0 Å². The van der Waals surface area contributed by atoms with Gasteiger partial charge in [0.25, 0.3) is 0 Å². The number of amides is 1. The molecule has 3 nitrogen and oxygen atoms in total. The molecule has 16 heavy (non-hydrogen) atoms. The lowest BCUT2D eigenvalue weighted by Gasteiger charge is -2.37. The molecule has 1 rings (SSSR count). The molecule has 2 atom stereocenters. The maximum absolute atomic E-state index is 11.9. The van der Waals surface area contributed by atoms with E-state index in [-0.39, 0.29) is 5.91 Å². The molecule has 1 saturated carbocycles. The number of hydrogen-bond donors (Lipinski definition) is 2. The van der Waals surface area contributed by atoms with Crippen molar-refractivity contribution in [2.45, 2.75) is 71.4 Å². The minimum Gasteiger partial charge on any atom is -0.352 e. The molecule has 0 aromatic carbocycles. The van der Waals surface area contributed by atoms with Gasteiger partial charge in [0.05, 0.1) is 5.54 Å². The number of carbonyl (C=O) groups is 1. The summed E-state index contributed by atoms with van der Waals surface area (Å²) < 4.78 is 0. The van der Waals surface area contributed by atoms with Gasteiger partial charge < -0.3 is 11.1 Å². The molecule has 0 aromatic rings. The zero-order valence-corrected chi connectivity index (χ0v) is 11.1. The summed E-state index contributed by atoms with van der Waals surface area (Å²) in [4.78, 5) is 11.9. The Morgan fingerprint density at radius 3 is 2.69 bits per heavy atom. The maximum atomic E-state index is 11.9. The summed E-state index contributed by atoms with van der Waals surface area (Å²) in [6, 6.07) is 0.311. The van der Waals surface area contributed by atoms with Crippen LogP contribution in [-0.2, 0) is 4.79 Å². The van der Waals surface area contributed by atoms with Crippen molar-refractivity contribution >= 4 is 5.91 Å². The Bertz CT molecular complexity index is 259. The summed E-state index contributed by atoms with van der Waals surface area (Å²) in [7, 11) is 0. The molecule has 1 fully saturated rings. The Morgan fingerprint density at radius 2 is 2.19 bits per heavy atom. The molecule has 0 aromatic heterocycles. The summed E-state index contributed by atoms with van der Waals surface area (Å²) in [6.07, 6.45) is 5.29. The standard InChI is InChI=1S/C13H26N2O/c1-5-13(4,14)11(16)15-10-7-6-8-12(2,3)9-10/h10H,5-9,14H2,1-4H3,(H,15,16). The molecule has 0 aliphatic heterocycles. The fourth-order valence-electron chi connectivity index (χ4n) is 2.33. The third kappa shape index (κ3) is 3.48. The molecule has 3 N–H and O–H groups in total. The first-order valence-corrected chi connectivity index (χ1v) is 6.37. The van der Waals surface area contributed by atoms with Crippen molar-refractivity contribution < 1.29 is 4.79 Å². The lowest BCUT2D eigenvalue weighted by Crippen LogP contribution is -2.54. The van der Waals surface area contributed by atoms with Gasteiger partial charge >= 0.3 is 0 Å². The Labute approximate surface area is 99.2 Å². The third-order valence-electron chi connectivity index (χ3n) is 3.79. The van der Waals surface area contributed by atoms with E-state index in [9.17, 15) is 4.79 Å². The minimum absolute atomic E-state index is 0.00213. The van der Waals surface area contributed by atoms with Gasteiger partial charge in [-0.1, -0.05) is 27.2 Å². The second-order valence-electron chi connectivity index (χ2n) is 6.20. The SMILES string of the molecule is CCC(C)(N)C(=O)NC1CCCC(C)(C)C1. The van der Waals surface area contributed by atoms with Crippen LogP contribution < -0.4 is 11.1 Å². The zero-order chi connectivity index (χ0) is 12.4. The first kappa shape index (κ1) is 13.5. The van der Waals surface area contributed by atoms with E-state index in [1.54, 1.807) is 6.92 Å². The minimum atomic E-state index is -0.721. The molecule has 1 aliphatic carbocycles. The van der Waals surface area contributed by atoms with Crippen molar-refractivity contribution in [2.75, 3.05) is 0 Å². The van der Waals surface area contributed by atoms with Crippen molar-refractivity contribution in [3.05, 3.63) is 0 Å². The smallest absolute Gasteiger partial charge is 0.239 e. The topological polar surface area (TPSA) is 55.1 Å². The van der Waals surface area contributed by atoms with E-state index in [0.29, 0.717) is 17.9 Å². The number of nitrogens with one attached hydrogen (secondary N) is 1. The highest BCUT2D eigenvalue weighted by atomic mass is 16.2. The van der Waals surface area contributed by atoms with Crippen LogP contribution in [0.4, 0.5) is 0 Å². The molecule has 0 heterocycles. The summed E-state index contributed by atoms with van der Waals surface area (Å²) in [5, 5.41) is 3.10.